The number of methoxy groups -OCH3 is 1. The van der Waals surface area contributed by atoms with Crippen molar-refractivity contribution in [2.75, 3.05) is 7.11 Å². The predicted octanol–water partition coefficient (Wildman–Crippen LogP) is 2.60. The molecule has 0 saturated heterocycles. The highest BCUT2D eigenvalue weighted by Gasteiger charge is 2.34. The lowest BCUT2D eigenvalue weighted by Crippen LogP contribution is -2.43. The fourth-order valence-corrected chi connectivity index (χ4v) is 2.21. The zero-order chi connectivity index (χ0) is 10.9. The number of benzene rings is 1. The molecule has 1 aliphatic carbocycles. The van der Waals surface area contributed by atoms with Gasteiger partial charge in [0.05, 0.1) is 7.11 Å². The van der Waals surface area contributed by atoms with Gasteiger partial charge >= 0.3 is 0 Å². The normalized spacial score (nSPS) is 18.3. The summed E-state index contributed by atoms with van der Waals surface area (Å²) in [5.41, 5.74) is 8.77. The van der Waals surface area contributed by atoms with Gasteiger partial charge in [0.15, 0.2) is 0 Å². The molecule has 1 aromatic carbocycles. The number of rotatable bonds is 3. The van der Waals surface area contributed by atoms with Crippen LogP contribution in [-0.2, 0) is 12.0 Å². The van der Waals surface area contributed by atoms with Crippen molar-refractivity contribution in [3.63, 3.8) is 0 Å². The Hall–Kier alpha value is -1.02. The second-order valence-electron chi connectivity index (χ2n) is 4.39. The van der Waals surface area contributed by atoms with Crippen LogP contribution < -0.4 is 10.5 Å². The van der Waals surface area contributed by atoms with Gasteiger partial charge in [-0.1, -0.05) is 19.1 Å². The van der Waals surface area contributed by atoms with Gasteiger partial charge in [0.25, 0.3) is 0 Å². The molecule has 1 aliphatic rings. The molecule has 0 aromatic heterocycles. The molecule has 0 heterocycles. The van der Waals surface area contributed by atoms with E-state index in [1.165, 1.54) is 17.5 Å². The zero-order valence-electron chi connectivity index (χ0n) is 9.55. The third-order valence-electron chi connectivity index (χ3n) is 3.48. The molecule has 2 rings (SSSR count). The molecule has 2 heteroatoms. The van der Waals surface area contributed by atoms with Crippen LogP contribution in [-0.4, -0.2) is 7.11 Å². The molecule has 2 N–H and O–H groups in total. The van der Waals surface area contributed by atoms with Crippen molar-refractivity contribution in [1.29, 1.82) is 0 Å². The van der Waals surface area contributed by atoms with Gasteiger partial charge < -0.3 is 10.5 Å². The second-order valence-corrected chi connectivity index (χ2v) is 4.39. The Morgan fingerprint density at radius 1 is 1.40 bits per heavy atom. The molecular formula is C13H19NO. The van der Waals surface area contributed by atoms with E-state index >= 15 is 0 Å². The molecule has 0 radical (unpaired) electrons. The highest BCUT2D eigenvalue weighted by molar-refractivity contribution is 5.40. The highest BCUT2D eigenvalue weighted by Crippen LogP contribution is 2.39. The molecule has 0 unspecified atom stereocenters. The Morgan fingerprint density at radius 3 is 2.60 bits per heavy atom. The molecule has 82 valence electrons. The molecule has 15 heavy (non-hydrogen) atoms. The Morgan fingerprint density at radius 2 is 2.13 bits per heavy atom. The minimum absolute atomic E-state index is 0.0593. The van der Waals surface area contributed by atoms with E-state index in [0.29, 0.717) is 0 Å². The average molecular weight is 205 g/mol. The van der Waals surface area contributed by atoms with Crippen LogP contribution in [0.2, 0.25) is 0 Å². The Balaban J connectivity index is 2.34. The van der Waals surface area contributed by atoms with Crippen molar-refractivity contribution in [2.24, 2.45) is 5.73 Å². The monoisotopic (exact) mass is 205 g/mol. The maximum absolute atomic E-state index is 6.30. The van der Waals surface area contributed by atoms with Crippen LogP contribution in [0.25, 0.3) is 0 Å². The van der Waals surface area contributed by atoms with Crippen LogP contribution in [0.1, 0.15) is 37.3 Å². The standard InChI is InChI=1S/C13H19NO/c1-3-10-9-11(5-6-12(10)15-2)13(14)7-4-8-13/h5-6,9H,3-4,7-8,14H2,1-2H3. The Bertz CT molecular complexity index is 356. The summed E-state index contributed by atoms with van der Waals surface area (Å²) >= 11 is 0. The van der Waals surface area contributed by atoms with Gasteiger partial charge in [0.2, 0.25) is 0 Å². The third kappa shape index (κ3) is 1.74. The largest absolute Gasteiger partial charge is 0.496 e. The Labute approximate surface area is 91.4 Å². The van der Waals surface area contributed by atoms with Gasteiger partial charge in [-0.15, -0.1) is 0 Å². The minimum Gasteiger partial charge on any atom is -0.496 e. The lowest BCUT2D eigenvalue weighted by atomic mass is 9.72. The fraction of sp³-hybridized carbons (Fsp3) is 0.538. The number of hydrogen-bond acceptors (Lipinski definition) is 2. The van der Waals surface area contributed by atoms with E-state index in [-0.39, 0.29) is 5.54 Å². The molecule has 0 amide bonds. The van der Waals surface area contributed by atoms with Gasteiger partial charge in [-0.05, 0) is 42.9 Å². The summed E-state index contributed by atoms with van der Waals surface area (Å²) in [5, 5.41) is 0. The number of hydrogen-bond donors (Lipinski definition) is 1. The van der Waals surface area contributed by atoms with Crippen LogP contribution in [0.3, 0.4) is 0 Å². The maximum Gasteiger partial charge on any atom is 0.122 e. The van der Waals surface area contributed by atoms with Gasteiger partial charge in [0.1, 0.15) is 5.75 Å². The van der Waals surface area contributed by atoms with Crippen molar-refractivity contribution in [3.8, 4) is 5.75 Å². The quantitative estimate of drug-likeness (QED) is 0.823. The van der Waals surface area contributed by atoms with E-state index in [4.69, 9.17) is 10.5 Å². The van der Waals surface area contributed by atoms with E-state index in [1.807, 2.05) is 6.07 Å². The Kier molecular flexibility index (Phi) is 2.70. The second kappa shape index (κ2) is 3.86. The first kappa shape index (κ1) is 10.5. The zero-order valence-corrected chi connectivity index (χ0v) is 9.55. The maximum atomic E-state index is 6.30. The molecule has 0 atom stereocenters. The molecular weight excluding hydrogens is 186 g/mol. The summed E-state index contributed by atoms with van der Waals surface area (Å²) in [7, 11) is 1.72. The van der Waals surface area contributed by atoms with Crippen LogP contribution >= 0.6 is 0 Å². The smallest absolute Gasteiger partial charge is 0.122 e. The number of aryl methyl sites for hydroxylation is 1. The summed E-state index contributed by atoms with van der Waals surface area (Å²) in [6, 6.07) is 6.36. The van der Waals surface area contributed by atoms with Gasteiger partial charge in [-0.25, -0.2) is 0 Å². The van der Waals surface area contributed by atoms with Crippen molar-refractivity contribution >= 4 is 0 Å². The van der Waals surface area contributed by atoms with Crippen molar-refractivity contribution in [1.82, 2.24) is 0 Å². The van der Waals surface area contributed by atoms with Crippen LogP contribution in [0.15, 0.2) is 18.2 Å². The molecule has 0 bridgehead atoms. The van der Waals surface area contributed by atoms with Crippen molar-refractivity contribution < 1.29 is 4.74 Å². The van der Waals surface area contributed by atoms with Gasteiger partial charge in [-0.3, -0.25) is 0 Å². The summed E-state index contributed by atoms with van der Waals surface area (Å²) in [6.45, 7) is 2.14. The topological polar surface area (TPSA) is 35.2 Å². The predicted molar refractivity (Wildman–Crippen MR) is 62.1 cm³/mol. The van der Waals surface area contributed by atoms with Crippen molar-refractivity contribution in [3.05, 3.63) is 29.3 Å². The van der Waals surface area contributed by atoms with Crippen LogP contribution in [0.5, 0.6) is 5.75 Å². The van der Waals surface area contributed by atoms with E-state index in [9.17, 15) is 0 Å². The summed E-state index contributed by atoms with van der Waals surface area (Å²) in [5.74, 6) is 0.976. The van der Waals surface area contributed by atoms with Crippen molar-refractivity contribution in [2.45, 2.75) is 38.1 Å². The number of ether oxygens (including phenoxy) is 1. The van der Waals surface area contributed by atoms with Crippen LogP contribution in [0.4, 0.5) is 0 Å². The molecule has 2 nitrogen and oxygen atoms in total. The van der Waals surface area contributed by atoms with E-state index < -0.39 is 0 Å². The average Bonchev–Trinajstić information content (AvgIpc) is 2.25. The molecule has 1 fully saturated rings. The van der Waals surface area contributed by atoms with E-state index in [1.54, 1.807) is 7.11 Å². The first-order valence-electron chi connectivity index (χ1n) is 5.66. The summed E-state index contributed by atoms with van der Waals surface area (Å²) in [4.78, 5) is 0. The third-order valence-corrected chi connectivity index (χ3v) is 3.48. The summed E-state index contributed by atoms with van der Waals surface area (Å²) < 4.78 is 5.31. The molecule has 1 aromatic rings. The summed E-state index contributed by atoms with van der Waals surface area (Å²) in [6.07, 6.45) is 4.47. The lowest BCUT2D eigenvalue weighted by Gasteiger charge is -2.39. The first-order valence-corrected chi connectivity index (χ1v) is 5.66. The van der Waals surface area contributed by atoms with E-state index in [2.05, 4.69) is 19.1 Å². The highest BCUT2D eigenvalue weighted by atomic mass is 16.5. The SMILES string of the molecule is CCc1cc(C2(N)CCC2)ccc1OC. The minimum atomic E-state index is -0.0593. The van der Waals surface area contributed by atoms with Gasteiger partial charge in [0, 0.05) is 5.54 Å². The first-order chi connectivity index (χ1) is 7.19. The molecule has 0 aliphatic heterocycles. The lowest BCUT2D eigenvalue weighted by molar-refractivity contribution is 0.253. The van der Waals surface area contributed by atoms with Gasteiger partial charge in [-0.2, -0.15) is 0 Å². The fourth-order valence-electron chi connectivity index (χ4n) is 2.21. The molecule has 0 spiro atoms. The van der Waals surface area contributed by atoms with E-state index in [0.717, 1.165) is 25.0 Å². The molecule has 1 saturated carbocycles. The van der Waals surface area contributed by atoms with Crippen LogP contribution in [0, 0.1) is 0 Å². The number of nitrogens with two attached hydrogens (primary N) is 1.